The summed E-state index contributed by atoms with van der Waals surface area (Å²) in [5, 5.41) is 7.11. The molecule has 0 fully saturated rings. The van der Waals surface area contributed by atoms with Gasteiger partial charge in [0.15, 0.2) is 5.82 Å². The van der Waals surface area contributed by atoms with Crippen LogP contribution in [0, 0.1) is 0 Å². The average molecular weight is 451 g/mol. The molecule has 1 aliphatic rings. The van der Waals surface area contributed by atoms with Crippen LogP contribution in [0.15, 0.2) is 72.4 Å². The summed E-state index contributed by atoms with van der Waals surface area (Å²) in [6.07, 6.45) is 8.47. The molecule has 0 saturated carbocycles. The zero-order valence-corrected chi connectivity index (χ0v) is 19.7. The first-order chi connectivity index (χ1) is 16.2. The minimum Gasteiger partial charge on any atom is -0.368 e. The van der Waals surface area contributed by atoms with Gasteiger partial charge in [0.25, 0.3) is 0 Å². The first-order valence-corrected chi connectivity index (χ1v) is 12.4. The molecule has 0 aliphatic heterocycles. The second kappa shape index (κ2) is 8.16. The van der Waals surface area contributed by atoms with Gasteiger partial charge in [-0.05, 0) is 35.6 Å². The smallest absolute Gasteiger partial charge is 0.152 e. The number of nitrogens with one attached hydrogen (secondary N) is 1. The molecule has 5 aromatic rings. The van der Waals surface area contributed by atoms with Gasteiger partial charge in [-0.3, -0.25) is 4.40 Å². The summed E-state index contributed by atoms with van der Waals surface area (Å²) < 4.78 is 3.50. The Hall–Kier alpha value is -3.44. The zero-order valence-electron chi connectivity index (χ0n) is 18.9. The van der Waals surface area contributed by atoms with Crippen molar-refractivity contribution in [2.75, 3.05) is 11.9 Å². The van der Waals surface area contributed by atoms with Gasteiger partial charge in [-0.15, -0.1) is 11.3 Å². The highest BCUT2D eigenvalue weighted by molar-refractivity contribution is 7.17. The molecule has 3 heterocycles. The SMILES string of the molecule is CC(C)c1ncc2c(NCCC3=CCc4ccccc43)nc(-c3csc4ccccc34)cn12. The molecule has 1 aliphatic carbocycles. The van der Waals surface area contributed by atoms with Crippen molar-refractivity contribution in [1.29, 1.82) is 0 Å². The summed E-state index contributed by atoms with van der Waals surface area (Å²) in [5.74, 6) is 2.28. The Kier molecular flexibility index (Phi) is 4.99. The molecule has 0 radical (unpaired) electrons. The number of anilines is 1. The van der Waals surface area contributed by atoms with Crippen LogP contribution in [0.5, 0.6) is 0 Å². The lowest BCUT2D eigenvalue weighted by Crippen LogP contribution is -2.07. The third-order valence-electron chi connectivity index (χ3n) is 6.44. The van der Waals surface area contributed by atoms with Crippen molar-refractivity contribution >= 4 is 38.3 Å². The molecule has 0 amide bonds. The van der Waals surface area contributed by atoms with Crippen LogP contribution < -0.4 is 5.32 Å². The number of fused-ring (bicyclic) bond motifs is 3. The second-order valence-electron chi connectivity index (χ2n) is 8.91. The first kappa shape index (κ1) is 20.2. The Morgan fingerprint density at radius 1 is 1.06 bits per heavy atom. The highest BCUT2D eigenvalue weighted by Gasteiger charge is 2.17. The van der Waals surface area contributed by atoms with Crippen molar-refractivity contribution in [2.45, 2.75) is 32.6 Å². The number of hydrogen-bond acceptors (Lipinski definition) is 4. The minimum atomic E-state index is 0.329. The Morgan fingerprint density at radius 2 is 1.91 bits per heavy atom. The predicted molar refractivity (Wildman–Crippen MR) is 139 cm³/mol. The molecule has 6 rings (SSSR count). The molecule has 3 aromatic heterocycles. The van der Waals surface area contributed by atoms with Crippen LogP contribution in [0.25, 0.3) is 32.4 Å². The van der Waals surface area contributed by atoms with Crippen LogP contribution in [0.1, 0.15) is 43.1 Å². The van der Waals surface area contributed by atoms with Crippen molar-refractivity contribution in [3.8, 4) is 11.3 Å². The van der Waals surface area contributed by atoms with E-state index in [-0.39, 0.29) is 0 Å². The van der Waals surface area contributed by atoms with Crippen LogP contribution in [0.2, 0.25) is 0 Å². The van der Waals surface area contributed by atoms with Crippen molar-refractivity contribution in [3.05, 3.63) is 89.3 Å². The fraction of sp³-hybridized carbons (Fsp3) is 0.214. The van der Waals surface area contributed by atoms with E-state index in [9.17, 15) is 0 Å². The number of benzene rings is 2. The van der Waals surface area contributed by atoms with Gasteiger partial charge in [0, 0.05) is 39.7 Å². The normalized spacial score (nSPS) is 13.1. The van der Waals surface area contributed by atoms with Gasteiger partial charge in [0.2, 0.25) is 0 Å². The van der Waals surface area contributed by atoms with Crippen molar-refractivity contribution in [3.63, 3.8) is 0 Å². The number of nitrogens with zero attached hydrogens (tertiary/aromatic N) is 3. The first-order valence-electron chi connectivity index (χ1n) is 11.5. The molecule has 0 bridgehead atoms. The Labute approximate surface area is 197 Å². The molecule has 0 spiro atoms. The van der Waals surface area contributed by atoms with Crippen LogP contribution in [0.4, 0.5) is 5.82 Å². The summed E-state index contributed by atoms with van der Waals surface area (Å²) in [7, 11) is 0. The summed E-state index contributed by atoms with van der Waals surface area (Å²) in [4.78, 5) is 9.82. The van der Waals surface area contributed by atoms with Crippen LogP contribution >= 0.6 is 11.3 Å². The quantitative estimate of drug-likeness (QED) is 0.298. The third kappa shape index (κ3) is 3.53. The molecule has 5 heteroatoms. The maximum atomic E-state index is 5.09. The van der Waals surface area contributed by atoms with Gasteiger partial charge >= 0.3 is 0 Å². The molecule has 164 valence electrons. The van der Waals surface area contributed by atoms with E-state index in [1.54, 1.807) is 11.3 Å². The zero-order chi connectivity index (χ0) is 22.4. The lowest BCUT2D eigenvalue weighted by molar-refractivity contribution is 0.769. The maximum absolute atomic E-state index is 5.09. The number of thiophene rings is 1. The number of rotatable bonds is 6. The van der Waals surface area contributed by atoms with Gasteiger partial charge in [0.1, 0.15) is 11.3 Å². The second-order valence-corrected chi connectivity index (χ2v) is 9.83. The third-order valence-corrected chi connectivity index (χ3v) is 7.41. The highest BCUT2D eigenvalue weighted by Crippen LogP contribution is 2.35. The van der Waals surface area contributed by atoms with E-state index < -0.39 is 0 Å². The largest absolute Gasteiger partial charge is 0.368 e. The fourth-order valence-corrected chi connectivity index (χ4v) is 5.74. The van der Waals surface area contributed by atoms with Gasteiger partial charge in [-0.2, -0.15) is 0 Å². The summed E-state index contributed by atoms with van der Waals surface area (Å²) in [6.45, 7) is 5.21. The van der Waals surface area contributed by atoms with E-state index in [0.29, 0.717) is 5.92 Å². The van der Waals surface area contributed by atoms with Gasteiger partial charge in [0.05, 0.1) is 11.9 Å². The van der Waals surface area contributed by atoms with Crippen LogP contribution in [-0.2, 0) is 6.42 Å². The molecule has 1 N–H and O–H groups in total. The molecule has 33 heavy (non-hydrogen) atoms. The Balaban J connectivity index is 1.36. The van der Waals surface area contributed by atoms with E-state index >= 15 is 0 Å². The summed E-state index contributed by atoms with van der Waals surface area (Å²) >= 11 is 1.77. The van der Waals surface area contributed by atoms with E-state index in [2.05, 4.69) is 89.7 Å². The van der Waals surface area contributed by atoms with Crippen LogP contribution in [-0.4, -0.2) is 20.9 Å². The number of aromatic nitrogens is 3. The van der Waals surface area contributed by atoms with E-state index in [0.717, 1.165) is 42.2 Å². The Morgan fingerprint density at radius 3 is 2.82 bits per heavy atom. The van der Waals surface area contributed by atoms with Crippen molar-refractivity contribution in [1.82, 2.24) is 14.4 Å². The monoisotopic (exact) mass is 450 g/mol. The fourth-order valence-electron chi connectivity index (χ4n) is 4.79. The molecular formula is C28H26N4S. The van der Waals surface area contributed by atoms with E-state index in [4.69, 9.17) is 9.97 Å². The van der Waals surface area contributed by atoms with Gasteiger partial charge in [-0.25, -0.2) is 9.97 Å². The summed E-state index contributed by atoms with van der Waals surface area (Å²) in [5.41, 5.74) is 7.43. The number of imidazole rings is 1. The number of hydrogen-bond donors (Lipinski definition) is 1. The topological polar surface area (TPSA) is 42.2 Å². The summed E-state index contributed by atoms with van der Waals surface area (Å²) in [6, 6.07) is 17.3. The molecule has 2 aromatic carbocycles. The highest BCUT2D eigenvalue weighted by atomic mass is 32.1. The molecule has 0 unspecified atom stereocenters. The minimum absolute atomic E-state index is 0.329. The van der Waals surface area contributed by atoms with Gasteiger partial charge < -0.3 is 5.32 Å². The predicted octanol–water partition coefficient (Wildman–Crippen LogP) is 7.18. The van der Waals surface area contributed by atoms with Crippen molar-refractivity contribution < 1.29 is 0 Å². The average Bonchev–Trinajstić information content (AvgIpc) is 3.55. The number of allylic oxidation sites excluding steroid dienone is 1. The lowest BCUT2D eigenvalue weighted by atomic mass is 10.0. The molecule has 0 saturated heterocycles. The Bertz CT molecular complexity index is 1510. The standard InChI is InChI=1S/C28H26N4S/c1-18(2)28-30-15-25-27(29-14-13-20-12-11-19-7-3-4-8-21(19)20)31-24(16-32(25)28)23-17-33-26-10-6-5-9-22(23)26/h3-10,12,15-18H,11,13-14H2,1-2H3,(H,29,31). The van der Waals surface area contributed by atoms with Crippen LogP contribution in [0.3, 0.4) is 0 Å². The lowest BCUT2D eigenvalue weighted by Gasteiger charge is -2.13. The molecule has 4 nitrogen and oxygen atoms in total. The van der Waals surface area contributed by atoms with E-state index in [1.165, 1.54) is 32.3 Å². The van der Waals surface area contributed by atoms with Crippen molar-refractivity contribution in [2.24, 2.45) is 0 Å². The van der Waals surface area contributed by atoms with Gasteiger partial charge in [-0.1, -0.05) is 62.4 Å². The van der Waals surface area contributed by atoms with E-state index in [1.807, 2.05) is 6.20 Å². The molecule has 0 atom stereocenters. The maximum Gasteiger partial charge on any atom is 0.152 e. The molecular weight excluding hydrogens is 424 g/mol.